The van der Waals surface area contributed by atoms with Crippen molar-refractivity contribution in [3.8, 4) is 0 Å². The Labute approximate surface area is 124 Å². The molecule has 110 valence electrons. The standard InChI is InChI=1S/C19H29N/c1-19(2,3)17-10-14-8-6-5-7-9-15-12-20(4)13-16(11-17)18(14)15/h10-11,15H,5-9,12-13H2,1-4H3/t15-/m1/s1. The maximum atomic E-state index is 2.53. The second kappa shape index (κ2) is 5.18. The van der Waals surface area contributed by atoms with Crippen molar-refractivity contribution < 1.29 is 0 Å². The van der Waals surface area contributed by atoms with Gasteiger partial charge < -0.3 is 4.90 Å². The fourth-order valence-corrected chi connectivity index (χ4v) is 4.02. The third kappa shape index (κ3) is 2.65. The molecule has 0 fully saturated rings. The van der Waals surface area contributed by atoms with E-state index in [2.05, 4.69) is 44.9 Å². The Hall–Kier alpha value is -0.820. The van der Waals surface area contributed by atoms with Crippen molar-refractivity contribution in [1.82, 2.24) is 4.90 Å². The minimum atomic E-state index is 0.263. The lowest BCUT2D eigenvalue weighted by molar-refractivity contribution is 0.268. The lowest BCUT2D eigenvalue weighted by atomic mass is 9.76. The summed E-state index contributed by atoms with van der Waals surface area (Å²) in [5, 5.41) is 0. The quantitative estimate of drug-likeness (QED) is 0.665. The Balaban J connectivity index is 2.12. The fraction of sp³-hybridized carbons (Fsp3) is 0.684. The molecular weight excluding hydrogens is 242 g/mol. The van der Waals surface area contributed by atoms with Crippen LogP contribution in [0.2, 0.25) is 0 Å². The zero-order chi connectivity index (χ0) is 14.3. The maximum absolute atomic E-state index is 2.53. The Bertz CT molecular complexity index is 478. The zero-order valence-electron chi connectivity index (χ0n) is 13.6. The van der Waals surface area contributed by atoms with Gasteiger partial charge in [-0.3, -0.25) is 0 Å². The van der Waals surface area contributed by atoms with E-state index in [9.17, 15) is 0 Å². The summed E-state index contributed by atoms with van der Waals surface area (Å²) < 4.78 is 0. The van der Waals surface area contributed by atoms with Gasteiger partial charge in [-0.2, -0.15) is 0 Å². The van der Waals surface area contributed by atoms with Crippen LogP contribution < -0.4 is 0 Å². The lowest BCUT2D eigenvalue weighted by Crippen LogP contribution is -2.32. The molecule has 0 radical (unpaired) electrons. The fourth-order valence-electron chi connectivity index (χ4n) is 4.02. The van der Waals surface area contributed by atoms with Gasteiger partial charge in [0.1, 0.15) is 0 Å². The van der Waals surface area contributed by atoms with Crippen LogP contribution in [0.25, 0.3) is 0 Å². The molecule has 1 nitrogen and oxygen atoms in total. The predicted molar refractivity (Wildman–Crippen MR) is 86.4 cm³/mol. The lowest BCUT2D eigenvalue weighted by Gasteiger charge is -2.36. The van der Waals surface area contributed by atoms with Gasteiger partial charge in [-0.15, -0.1) is 0 Å². The Morgan fingerprint density at radius 3 is 2.55 bits per heavy atom. The molecule has 0 spiro atoms. The highest BCUT2D eigenvalue weighted by Gasteiger charge is 2.28. The molecule has 0 saturated carbocycles. The Morgan fingerprint density at radius 2 is 1.80 bits per heavy atom. The zero-order valence-corrected chi connectivity index (χ0v) is 13.6. The average molecular weight is 271 g/mol. The number of likely N-dealkylation sites (N-methyl/N-ethyl adjacent to an activating group) is 1. The molecule has 20 heavy (non-hydrogen) atoms. The SMILES string of the molecule is CN1Cc2cc(C(C)(C)C)cc3c2[C@H](CCCCC3)C1. The topological polar surface area (TPSA) is 3.24 Å². The van der Waals surface area contributed by atoms with Crippen molar-refractivity contribution in [3.05, 3.63) is 34.4 Å². The summed E-state index contributed by atoms with van der Waals surface area (Å²) in [7, 11) is 2.28. The van der Waals surface area contributed by atoms with Gasteiger partial charge in [-0.1, -0.05) is 45.7 Å². The van der Waals surface area contributed by atoms with Crippen molar-refractivity contribution in [1.29, 1.82) is 0 Å². The van der Waals surface area contributed by atoms with E-state index in [4.69, 9.17) is 0 Å². The third-order valence-electron chi connectivity index (χ3n) is 5.10. The first-order valence-corrected chi connectivity index (χ1v) is 8.30. The largest absolute Gasteiger partial charge is 0.301 e. The number of rotatable bonds is 0. The van der Waals surface area contributed by atoms with Crippen molar-refractivity contribution in [2.45, 2.75) is 70.8 Å². The highest BCUT2D eigenvalue weighted by molar-refractivity contribution is 5.45. The first-order chi connectivity index (χ1) is 9.45. The van der Waals surface area contributed by atoms with Crippen molar-refractivity contribution in [2.24, 2.45) is 0 Å². The molecule has 0 unspecified atom stereocenters. The van der Waals surface area contributed by atoms with Crippen LogP contribution in [0.4, 0.5) is 0 Å². The van der Waals surface area contributed by atoms with Crippen LogP contribution in [0.3, 0.4) is 0 Å². The molecule has 1 atom stereocenters. The second-order valence-electron chi connectivity index (χ2n) is 7.95. The van der Waals surface area contributed by atoms with Gasteiger partial charge in [0.15, 0.2) is 0 Å². The highest BCUT2D eigenvalue weighted by atomic mass is 15.1. The van der Waals surface area contributed by atoms with Crippen molar-refractivity contribution >= 4 is 0 Å². The molecule has 1 aromatic carbocycles. The molecule has 3 rings (SSSR count). The monoisotopic (exact) mass is 271 g/mol. The predicted octanol–water partition coefficient (Wildman–Crippen LogP) is 4.63. The van der Waals surface area contributed by atoms with Gasteiger partial charge >= 0.3 is 0 Å². The van der Waals surface area contributed by atoms with Gasteiger partial charge in [-0.05, 0) is 59.9 Å². The van der Waals surface area contributed by atoms with E-state index in [1.54, 1.807) is 16.7 Å². The van der Waals surface area contributed by atoms with Gasteiger partial charge in [0.25, 0.3) is 0 Å². The van der Waals surface area contributed by atoms with E-state index >= 15 is 0 Å². The molecule has 1 heterocycles. The second-order valence-corrected chi connectivity index (χ2v) is 7.95. The van der Waals surface area contributed by atoms with Gasteiger partial charge in [0, 0.05) is 13.1 Å². The molecule has 0 aromatic heterocycles. The Kier molecular flexibility index (Phi) is 3.66. The van der Waals surface area contributed by atoms with E-state index in [0.717, 1.165) is 12.5 Å². The molecular formula is C19H29N. The molecule has 1 heteroatoms. The van der Waals surface area contributed by atoms with Crippen LogP contribution in [0, 0.1) is 0 Å². The number of hydrogen-bond acceptors (Lipinski definition) is 1. The number of aryl methyl sites for hydroxylation is 1. The Morgan fingerprint density at radius 1 is 1.05 bits per heavy atom. The minimum Gasteiger partial charge on any atom is -0.301 e. The number of hydrogen-bond donors (Lipinski definition) is 0. The van der Waals surface area contributed by atoms with Crippen LogP contribution in [-0.4, -0.2) is 18.5 Å². The molecule has 1 aliphatic heterocycles. The highest BCUT2D eigenvalue weighted by Crippen LogP contribution is 2.39. The average Bonchev–Trinajstić information content (AvgIpc) is 2.32. The van der Waals surface area contributed by atoms with Crippen molar-refractivity contribution in [2.75, 3.05) is 13.6 Å². The van der Waals surface area contributed by atoms with Crippen LogP contribution in [0.5, 0.6) is 0 Å². The van der Waals surface area contributed by atoms with E-state index in [0.29, 0.717) is 0 Å². The molecule has 1 aliphatic carbocycles. The van der Waals surface area contributed by atoms with E-state index in [1.807, 2.05) is 0 Å². The number of benzene rings is 1. The third-order valence-corrected chi connectivity index (χ3v) is 5.10. The summed E-state index contributed by atoms with van der Waals surface area (Å²) in [4.78, 5) is 2.52. The maximum Gasteiger partial charge on any atom is 0.0233 e. The molecule has 1 aromatic rings. The summed E-state index contributed by atoms with van der Waals surface area (Å²) >= 11 is 0. The molecule has 2 aliphatic rings. The smallest absolute Gasteiger partial charge is 0.0233 e. The summed E-state index contributed by atoms with van der Waals surface area (Å²) in [5.74, 6) is 0.785. The van der Waals surface area contributed by atoms with Gasteiger partial charge in [0.05, 0.1) is 0 Å². The number of nitrogens with zero attached hydrogens (tertiary/aromatic N) is 1. The van der Waals surface area contributed by atoms with Crippen molar-refractivity contribution in [3.63, 3.8) is 0 Å². The normalized spacial score (nSPS) is 23.9. The van der Waals surface area contributed by atoms with Gasteiger partial charge in [0.2, 0.25) is 0 Å². The van der Waals surface area contributed by atoms with E-state index in [1.165, 1.54) is 44.2 Å². The molecule has 0 amide bonds. The summed E-state index contributed by atoms with van der Waals surface area (Å²) in [5.41, 5.74) is 6.81. The van der Waals surface area contributed by atoms with Crippen LogP contribution in [0.15, 0.2) is 12.1 Å². The van der Waals surface area contributed by atoms with Crippen LogP contribution >= 0.6 is 0 Å². The first-order valence-electron chi connectivity index (χ1n) is 8.30. The minimum absolute atomic E-state index is 0.263. The van der Waals surface area contributed by atoms with E-state index in [-0.39, 0.29) is 5.41 Å². The summed E-state index contributed by atoms with van der Waals surface area (Å²) in [6.07, 6.45) is 6.89. The van der Waals surface area contributed by atoms with Crippen LogP contribution in [-0.2, 0) is 18.4 Å². The molecule has 0 saturated heterocycles. The van der Waals surface area contributed by atoms with E-state index < -0.39 is 0 Å². The first kappa shape index (κ1) is 14.1. The molecule has 0 bridgehead atoms. The summed E-state index contributed by atoms with van der Waals surface area (Å²) in [6.45, 7) is 9.43. The van der Waals surface area contributed by atoms with Gasteiger partial charge in [-0.25, -0.2) is 0 Å². The molecule has 0 N–H and O–H groups in total. The summed E-state index contributed by atoms with van der Waals surface area (Å²) in [6, 6.07) is 5.03. The van der Waals surface area contributed by atoms with Crippen LogP contribution in [0.1, 0.15) is 74.6 Å².